The van der Waals surface area contributed by atoms with Gasteiger partial charge in [-0.3, -0.25) is 9.36 Å². The fourth-order valence-electron chi connectivity index (χ4n) is 3.08. The number of fused-ring (bicyclic) bond motifs is 1. The van der Waals surface area contributed by atoms with E-state index in [1.54, 1.807) is 12.1 Å². The second-order valence-electron chi connectivity index (χ2n) is 6.79. The van der Waals surface area contributed by atoms with Crippen molar-refractivity contribution in [1.82, 2.24) is 14.8 Å². The Labute approximate surface area is 196 Å². The molecule has 2 aromatic carbocycles. The highest BCUT2D eigenvalue weighted by Gasteiger charge is 2.18. The summed E-state index contributed by atoms with van der Waals surface area (Å²) in [6.45, 7) is 6.24. The van der Waals surface area contributed by atoms with Gasteiger partial charge in [0.2, 0.25) is 11.7 Å². The molecule has 0 aliphatic rings. The van der Waals surface area contributed by atoms with E-state index in [9.17, 15) is 4.79 Å². The maximum atomic E-state index is 12.5. The van der Waals surface area contributed by atoms with E-state index in [2.05, 4.69) is 38.0 Å². The number of halogens is 2. The lowest BCUT2D eigenvalue weighted by Crippen LogP contribution is -2.15. The molecule has 0 saturated heterocycles. The molecule has 0 atom stereocenters. The third-order valence-electron chi connectivity index (χ3n) is 4.52. The highest BCUT2D eigenvalue weighted by molar-refractivity contribution is 9.10. The van der Waals surface area contributed by atoms with Crippen LogP contribution < -0.4 is 5.32 Å². The van der Waals surface area contributed by atoms with Gasteiger partial charge < -0.3 is 9.73 Å². The molecular formula is C22H18BrClN4O2S. The van der Waals surface area contributed by atoms with Gasteiger partial charge in [-0.25, -0.2) is 0 Å². The SMILES string of the molecule is C=CCn1c(SCC(=O)Nc2ccc(Br)cc2C)nnc1-c1cc2cc(Cl)ccc2o1. The Bertz CT molecular complexity index is 1280. The fraction of sp³-hybridized carbons (Fsp3) is 0.136. The van der Waals surface area contributed by atoms with Crippen LogP contribution in [-0.2, 0) is 11.3 Å². The Morgan fingerprint density at radius 3 is 2.90 bits per heavy atom. The van der Waals surface area contributed by atoms with Gasteiger partial charge in [0.15, 0.2) is 10.9 Å². The van der Waals surface area contributed by atoms with Crippen LogP contribution in [-0.4, -0.2) is 26.4 Å². The molecule has 0 saturated carbocycles. The number of hydrogen-bond acceptors (Lipinski definition) is 5. The monoisotopic (exact) mass is 516 g/mol. The molecule has 31 heavy (non-hydrogen) atoms. The van der Waals surface area contributed by atoms with Crippen LogP contribution in [0.3, 0.4) is 0 Å². The third kappa shape index (κ3) is 4.87. The molecule has 0 fully saturated rings. The van der Waals surface area contributed by atoms with Crippen molar-refractivity contribution in [2.75, 3.05) is 11.1 Å². The molecule has 158 valence electrons. The van der Waals surface area contributed by atoms with E-state index < -0.39 is 0 Å². The molecule has 0 unspecified atom stereocenters. The number of carbonyl (C=O) groups excluding carboxylic acids is 1. The van der Waals surface area contributed by atoms with Crippen LogP contribution >= 0.6 is 39.3 Å². The van der Waals surface area contributed by atoms with Gasteiger partial charge in [-0.15, -0.1) is 16.8 Å². The van der Waals surface area contributed by atoms with Crippen molar-refractivity contribution < 1.29 is 9.21 Å². The summed E-state index contributed by atoms with van der Waals surface area (Å²) < 4.78 is 8.77. The topological polar surface area (TPSA) is 73.0 Å². The Morgan fingerprint density at radius 1 is 1.29 bits per heavy atom. The zero-order valence-electron chi connectivity index (χ0n) is 16.6. The first-order chi connectivity index (χ1) is 14.9. The number of aryl methyl sites for hydroxylation is 1. The van der Waals surface area contributed by atoms with Gasteiger partial charge in [0, 0.05) is 27.1 Å². The van der Waals surface area contributed by atoms with E-state index in [0.717, 1.165) is 21.1 Å². The summed E-state index contributed by atoms with van der Waals surface area (Å²) in [5.41, 5.74) is 2.48. The molecule has 0 aliphatic heterocycles. The van der Waals surface area contributed by atoms with E-state index in [-0.39, 0.29) is 11.7 Å². The van der Waals surface area contributed by atoms with Crippen molar-refractivity contribution in [3.63, 3.8) is 0 Å². The predicted octanol–water partition coefficient (Wildman–Crippen LogP) is 6.33. The van der Waals surface area contributed by atoms with Gasteiger partial charge in [-0.2, -0.15) is 0 Å². The van der Waals surface area contributed by atoms with Gasteiger partial charge >= 0.3 is 0 Å². The molecule has 0 radical (unpaired) electrons. The van der Waals surface area contributed by atoms with Gasteiger partial charge in [0.05, 0.1) is 5.75 Å². The molecule has 9 heteroatoms. The Morgan fingerprint density at radius 2 is 2.13 bits per heavy atom. The first-order valence-corrected chi connectivity index (χ1v) is 11.5. The van der Waals surface area contributed by atoms with Crippen LogP contribution in [0.5, 0.6) is 0 Å². The standard InChI is InChI=1S/C22H18BrClN4O2S/c1-3-8-28-21(19-11-14-10-16(24)5-7-18(14)30-19)26-27-22(28)31-12-20(29)25-17-6-4-15(23)9-13(17)2/h3-7,9-11H,1,8,12H2,2H3,(H,25,29). The zero-order valence-corrected chi connectivity index (χ0v) is 19.7. The number of aromatic nitrogens is 3. The second kappa shape index (κ2) is 9.30. The summed E-state index contributed by atoms with van der Waals surface area (Å²) in [5.74, 6) is 1.22. The summed E-state index contributed by atoms with van der Waals surface area (Å²) in [5, 5.41) is 13.6. The summed E-state index contributed by atoms with van der Waals surface area (Å²) in [6.07, 6.45) is 1.75. The molecule has 4 aromatic rings. The van der Waals surface area contributed by atoms with E-state index in [0.29, 0.717) is 33.9 Å². The van der Waals surface area contributed by atoms with E-state index in [1.165, 1.54) is 11.8 Å². The molecule has 6 nitrogen and oxygen atoms in total. The molecule has 0 bridgehead atoms. The average molecular weight is 518 g/mol. The maximum absolute atomic E-state index is 12.5. The lowest BCUT2D eigenvalue weighted by Gasteiger charge is -2.09. The van der Waals surface area contributed by atoms with Gasteiger partial charge in [-0.1, -0.05) is 45.4 Å². The number of thioether (sulfide) groups is 1. The minimum atomic E-state index is -0.122. The number of allylic oxidation sites excluding steroid dienone is 1. The van der Waals surface area contributed by atoms with Crippen molar-refractivity contribution in [2.24, 2.45) is 0 Å². The van der Waals surface area contributed by atoms with Crippen molar-refractivity contribution in [3.05, 3.63) is 70.2 Å². The number of amides is 1. The van der Waals surface area contributed by atoms with Crippen molar-refractivity contribution in [2.45, 2.75) is 18.6 Å². The number of carbonyl (C=O) groups is 1. The van der Waals surface area contributed by atoms with Gasteiger partial charge in [0.25, 0.3) is 0 Å². The minimum absolute atomic E-state index is 0.122. The number of furan rings is 1. The van der Waals surface area contributed by atoms with Crippen molar-refractivity contribution >= 4 is 61.9 Å². The molecule has 0 aliphatic carbocycles. The molecule has 2 aromatic heterocycles. The number of nitrogens with one attached hydrogen (secondary N) is 1. The second-order valence-corrected chi connectivity index (χ2v) is 9.09. The lowest BCUT2D eigenvalue weighted by molar-refractivity contribution is -0.113. The first-order valence-electron chi connectivity index (χ1n) is 9.37. The fourth-order valence-corrected chi connectivity index (χ4v) is 4.48. The maximum Gasteiger partial charge on any atom is 0.234 e. The Balaban J connectivity index is 1.52. The number of hydrogen-bond donors (Lipinski definition) is 1. The molecular weight excluding hydrogens is 500 g/mol. The van der Waals surface area contributed by atoms with Crippen LogP contribution in [0.1, 0.15) is 5.56 Å². The zero-order chi connectivity index (χ0) is 22.0. The number of anilines is 1. The minimum Gasteiger partial charge on any atom is -0.453 e. The molecule has 2 heterocycles. The molecule has 4 rings (SSSR count). The summed E-state index contributed by atoms with van der Waals surface area (Å²) >= 11 is 10.8. The van der Waals surface area contributed by atoms with E-state index >= 15 is 0 Å². The van der Waals surface area contributed by atoms with Crippen LogP contribution in [0, 0.1) is 6.92 Å². The summed E-state index contributed by atoms with van der Waals surface area (Å²) in [4.78, 5) is 12.5. The quantitative estimate of drug-likeness (QED) is 0.229. The smallest absolute Gasteiger partial charge is 0.234 e. The van der Waals surface area contributed by atoms with Gasteiger partial charge in [0.1, 0.15) is 5.58 Å². The van der Waals surface area contributed by atoms with Gasteiger partial charge in [-0.05, 0) is 55.0 Å². The average Bonchev–Trinajstić information content (AvgIpc) is 3.32. The largest absolute Gasteiger partial charge is 0.453 e. The summed E-state index contributed by atoms with van der Waals surface area (Å²) in [6, 6.07) is 13.0. The van der Waals surface area contributed by atoms with E-state index in [4.69, 9.17) is 16.0 Å². The molecule has 0 spiro atoms. The Kier molecular flexibility index (Phi) is 6.50. The molecule has 1 amide bonds. The lowest BCUT2D eigenvalue weighted by atomic mass is 10.2. The van der Waals surface area contributed by atoms with Crippen molar-refractivity contribution in [3.8, 4) is 11.6 Å². The van der Waals surface area contributed by atoms with Crippen LogP contribution in [0.15, 0.2) is 69.2 Å². The van der Waals surface area contributed by atoms with Crippen LogP contribution in [0.25, 0.3) is 22.6 Å². The third-order valence-corrected chi connectivity index (χ3v) is 6.22. The number of rotatable bonds is 7. The van der Waals surface area contributed by atoms with Crippen LogP contribution in [0.2, 0.25) is 5.02 Å². The Hall–Kier alpha value is -2.55. The summed E-state index contributed by atoms with van der Waals surface area (Å²) in [7, 11) is 0. The molecule has 1 N–H and O–H groups in total. The predicted molar refractivity (Wildman–Crippen MR) is 129 cm³/mol. The number of benzene rings is 2. The highest BCUT2D eigenvalue weighted by atomic mass is 79.9. The van der Waals surface area contributed by atoms with Crippen molar-refractivity contribution in [1.29, 1.82) is 0 Å². The highest BCUT2D eigenvalue weighted by Crippen LogP contribution is 2.31. The van der Waals surface area contributed by atoms with Crippen LogP contribution in [0.4, 0.5) is 5.69 Å². The normalized spacial score (nSPS) is 11.1. The number of nitrogens with zero attached hydrogens (tertiary/aromatic N) is 3. The van der Waals surface area contributed by atoms with E-state index in [1.807, 2.05) is 47.9 Å². The first kappa shape index (κ1) is 21.7.